The van der Waals surface area contributed by atoms with Crippen LogP contribution in [0.25, 0.3) is 0 Å². The van der Waals surface area contributed by atoms with Crippen molar-refractivity contribution in [3.8, 4) is 6.07 Å². The Kier molecular flexibility index (Phi) is 6.95. The molecule has 0 fully saturated rings. The van der Waals surface area contributed by atoms with E-state index in [0.717, 1.165) is 17.5 Å². The van der Waals surface area contributed by atoms with Gasteiger partial charge in [-0.05, 0) is 43.2 Å². The first kappa shape index (κ1) is 21.2. The maximum atomic E-state index is 13.9. The molecule has 2 atom stereocenters. The molecule has 0 heterocycles. The molecule has 1 amide bonds. The van der Waals surface area contributed by atoms with Crippen molar-refractivity contribution >= 4 is 11.6 Å². The number of quaternary nitrogens is 1. The first-order valence-corrected chi connectivity index (χ1v) is 10.0. The highest BCUT2D eigenvalue weighted by atomic mass is 19.1. The summed E-state index contributed by atoms with van der Waals surface area (Å²) in [5.41, 5.74) is 3.90. The number of para-hydroxylation sites is 1. The third kappa shape index (κ3) is 5.11. The highest BCUT2D eigenvalue weighted by molar-refractivity contribution is 5.94. The van der Waals surface area contributed by atoms with Gasteiger partial charge in [-0.15, -0.1) is 0 Å². The summed E-state index contributed by atoms with van der Waals surface area (Å²) >= 11 is 0. The van der Waals surface area contributed by atoms with Crippen LogP contribution in [0.3, 0.4) is 0 Å². The molecule has 0 radical (unpaired) electrons. The number of hydrogen-bond acceptors (Lipinski definition) is 2. The molecule has 3 aromatic rings. The van der Waals surface area contributed by atoms with Crippen LogP contribution in [0, 0.1) is 17.1 Å². The Morgan fingerprint density at radius 2 is 1.80 bits per heavy atom. The molecule has 0 aliphatic carbocycles. The Balaban J connectivity index is 1.84. The van der Waals surface area contributed by atoms with Gasteiger partial charge in [0.15, 0.2) is 6.04 Å². The Labute approximate surface area is 176 Å². The molecule has 0 spiro atoms. The number of rotatable bonds is 7. The Morgan fingerprint density at radius 1 is 1.07 bits per heavy atom. The lowest BCUT2D eigenvalue weighted by Crippen LogP contribution is -2.92. The lowest BCUT2D eigenvalue weighted by atomic mass is 9.96. The van der Waals surface area contributed by atoms with Crippen LogP contribution in [0.5, 0.6) is 0 Å². The number of aryl methyl sites for hydroxylation is 1. The van der Waals surface area contributed by atoms with E-state index in [0.29, 0.717) is 11.3 Å². The second-order valence-electron chi connectivity index (χ2n) is 7.26. The Morgan fingerprint density at radius 3 is 2.47 bits per heavy atom. The number of amides is 1. The first-order chi connectivity index (χ1) is 14.5. The molecular weight excluding hydrogens is 377 g/mol. The summed E-state index contributed by atoms with van der Waals surface area (Å²) in [5, 5.41) is 14.0. The second-order valence-corrected chi connectivity index (χ2v) is 7.26. The minimum absolute atomic E-state index is 0.218. The molecule has 152 valence electrons. The first-order valence-electron chi connectivity index (χ1n) is 10.0. The van der Waals surface area contributed by atoms with Crippen molar-refractivity contribution in [2.45, 2.75) is 32.4 Å². The fourth-order valence-electron chi connectivity index (χ4n) is 3.39. The van der Waals surface area contributed by atoms with Crippen LogP contribution in [-0.4, -0.2) is 11.9 Å². The second kappa shape index (κ2) is 9.82. The van der Waals surface area contributed by atoms with E-state index in [4.69, 9.17) is 0 Å². The number of nitrogens with one attached hydrogen (secondary N) is 1. The van der Waals surface area contributed by atoms with Crippen LogP contribution >= 0.6 is 0 Å². The SMILES string of the molecule is CCc1ccc([C@H]([NH2+][C@H](C)C(=O)Nc2ccccc2C#N)c2cccc(F)c2)cc1. The lowest BCUT2D eigenvalue weighted by molar-refractivity contribution is -0.704. The van der Waals surface area contributed by atoms with Gasteiger partial charge in [-0.25, -0.2) is 4.39 Å². The molecule has 0 unspecified atom stereocenters. The normalized spacial score (nSPS) is 12.6. The minimum atomic E-state index is -0.462. The highest BCUT2D eigenvalue weighted by Gasteiger charge is 2.25. The summed E-state index contributed by atoms with van der Waals surface area (Å²) in [7, 11) is 0. The van der Waals surface area contributed by atoms with Crippen molar-refractivity contribution in [3.63, 3.8) is 0 Å². The number of benzene rings is 3. The highest BCUT2D eigenvalue weighted by Crippen LogP contribution is 2.21. The van der Waals surface area contributed by atoms with Gasteiger partial charge in [0, 0.05) is 11.1 Å². The van der Waals surface area contributed by atoms with Crippen LogP contribution < -0.4 is 10.6 Å². The number of hydrogen-bond donors (Lipinski definition) is 2. The number of nitriles is 1. The molecule has 3 rings (SSSR count). The van der Waals surface area contributed by atoms with Gasteiger partial charge in [-0.2, -0.15) is 5.26 Å². The van der Waals surface area contributed by atoms with Gasteiger partial charge in [-0.1, -0.05) is 55.5 Å². The van der Waals surface area contributed by atoms with Crippen LogP contribution in [0.1, 0.15) is 42.1 Å². The van der Waals surface area contributed by atoms with Crippen molar-refractivity contribution in [2.24, 2.45) is 0 Å². The van der Waals surface area contributed by atoms with E-state index in [1.165, 1.54) is 17.7 Å². The lowest BCUT2D eigenvalue weighted by Gasteiger charge is -2.21. The molecule has 0 aromatic heterocycles. The van der Waals surface area contributed by atoms with Crippen molar-refractivity contribution in [3.05, 3.63) is 101 Å². The van der Waals surface area contributed by atoms with Crippen molar-refractivity contribution in [1.29, 1.82) is 5.26 Å². The van der Waals surface area contributed by atoms with E-state index in [-0.39, 0.29) is 17.8 Å². The van der Waals surface area contributed by atoms with Crippen LogP contribution in [0.2, 0.25) is 0 Å². The van der Waals surface area contributed by atoms with Gasteiger partial charge in [0.1, 0.15) is 17.9 Å². The Bertz CT molecular complexity index is 1060. The molecule has 4 nitrogen and oxygen atoms in total. The molecule has 3 aromatic carbocycles. The summed E-state index contributed by atoms with van der Waals surface area (Å²) in [6.45, 7) is 3.90. The molecule has 0 saturated heterocycles. The summed E-state index contributed by atoms with van der Waals surface area (Å²) in [4.78, 5) is 12.8. The third-order valence-electron chi connectivity index (χ3n) is 5.15. The van der Waals surface area contributed by atoms with E-state index < -0.39 is 6.04 Å². The van der Waals surface area contributed by atoms with Gasteiger partial charge in [0.2, 0.25) is 0 Å². The summed E-state index contributed by atoms with van der Waals surface area (Å²) in [6.07, 6.45) is 0.936. The van der Waals surface area contributed by atoms with Gasteiger partial charge < -0.3 is 10.6 Å². The third-order valence-corrected chi connectivity index (χ3v) is 5.15. The topological polar surface area (TPSA) is 69.5 Å². The average Bonchev–Trinajstić information content (AvgIpc) is 2.77. The summed E-state index contributed by atoms with van der Waals surface area (Å²) in [6, 6.07) is 22.9. The standard InChI is InChI=1S/C25H24FN3O/c1-3-18-11-13-19(14-12-18)24(20-8-6-9-22(26)15-20)28-17(2)25(30)29-23-10-5-4-7-21(23)16-27/h4-15,17,24,28H,3H2,1-2H3,(H,29,30)/p+1/t17-,24+/m1/s1. The monoisotopic (exact) mass is 402 g/mol. The molecule has 0 saturated carbocycles. The fourth-order valence-corrected chi connectivity index (χ4v) is 3.39. The molecule has 30 heavy (non-hydrogen) atoms. The van der Waals surface area contributed by atoms with E-state index in [9.17, 15) is 14.4 Å². The average molecular weight is 402 g/mol. The zero-order chi connectivity index (χ0) is 21.5. The predicted octanol–water partition coefficient (Wildman–Crippen LogP) is 3.94. The number of nitrogens with two attached hydrogens (primary N) is 1. The van der Waals surface area contributed by atoms with Crippen molar-refractivity contribution in [1.82, 2.24) is 0 Å². The smallest absolute Gasteiger partial charge is 0.282 e. The molecule has 5 heteroatoms. The maximum absolute atomic E-state index is 13.9. The van der Waals surface area contributed by atoms with Crippen molar-refractivity contribution in [2.75, 3.05) is 5.32 Å². The number of nitrogens with zero attached hydrogens (tertiary/aromatic N) is 1. The van der Waals surface area contributed by atoms with Gasteiger partial charge in [-0.3, -0.25) is 4.79 Å². The number of anilines is 1. The summed E-state index contributed by atoms with van der Waals surface area (Å²) < 4.78 is 13.9. The van der Waals surface area contributed by atoms with Crippen LogP contribution in [-0.2, 0) is 11.2 Å². The molecule has 0 aliphatic heterocycles. The zero-order valence-electron chi connectivity index (χ0n) is 17.1. The van der Waals surface area contributed by atoms with Crippen LogP contribution in [0.15, 0.2) is 72.8 Å². The number of carbonyl (C=O) groups is 1. The molecule has 0 bridgehead atoms. The van der Waals surface area contributed by atoms with E-state index in [1.807, 2.05) is 23.5 Å². The number of halogens is 1. The van der Waals surface area contributed by atoms with E-state index in [2.05, 4.69) is 30.4 Å². The van der Waals surface area contributed by atoms with Gasteiger partial charge in [0.05, 0.1) is 11.3 Å². The van der Waals surface area contributed by atoms with Crippen molar-refractivity contribution < 1.29 is 14.5 Å². The van der Waals surface area contributed by atoms with E-state index >= 15 is 0 Å². The zero-order valence-corrected chi connectivity index (χ0v) is 17.1. The van der Waals surface area contributed by atoms with E-state index in [1.54, 1.807) is 37.3 Å². The Hall–Kier alpha value is -3.49. The van der Waals surface area contributed by atoms with Gasteiger partial charge in [0.25, 0.3) is 5.91 Å². The van der Waals surface area contributed by atoms with Crippen LogP contribution in [0.4, 0.5) is 10.1 Å². The fraction of sp³-hybridized carbons (Fsp3) is 0.200. The predicted molar refractivity (Wildman–Crippen MR) is 115 cm³/mol. The quantitative estimate of drug-likeness (QED) is 0.628. The maximum Gasteiger partial charge on any atom is 0.282 e. The largest absolute Gasteiger partial charge is 0.326 e. The minimum Gasteiger partial charge on any atom is -0.326 e. The summed E-state index contributed by atoms with van der Waals surface area (Å²) in [5.74, 6) is -0.527. The molecular formula is C25H25FN3O+. The van der Waals surface area contributed by atoms with Gasteiger partial charge >= 0.3 is 0 Å². The number of carbonyl (C=O) groups excluding carboxylic acids is 1. The molecule has 3 N–H and O–H groups in total. The molecule has 0 aliphatic rings.